The molecule has 6 nitrogen and oxygen atoms in total. The van der Waals surface area contributed by atoms with E-state index in [9.17, 15) is 14.9 Å². The van der Waals surface area contributed by atoms with Crippen molar-refractivity contribution in [2.75, 3.05) is 0 Å². The van der Waals surface area contributed by atoms with Crippen molar-refractivity contribution in [2.24, 2.45) is 0 Å². The number of carbonyl (C=O) groups is 1. The van der Waals surface area contributed by atoms with Crippen LogP contribution in [0, 0.1) is 10.1 Å². The Bertz CT molecular complexity index is 574. The smallest absolute Gasteiger partial charge is 0.352 e. The highest BCUT2D eigenvalue weighted by Gasteiger charge is 2.18. The first kappa shape index (κ1) is 12.3. The lowest BCUT2D eigenvalue weighted by atomic mass is 10.2. The van der Waals surface area contributed by atoms with E-state index in [1.165, 1.54) is 10.8 Å². The Morgan fingerprint density at radius 1 is 1.56 bits per heavy atom. The lowest BCUT2D eigenvalue weighted by Crippen LogP contribution is -2.08. The number of nitro groups is 1. The van der Waals surface area contributed by atoms with E-state index in [-0.39, 0.29) is 11.4 Å². The van der Waals surface area contributed by atoms with Crippen LogP contribution < -0.4 is 0 Å². The fourth-order valence-electron chi connectivity index (χ4n) is 1.64. The first-order valence-electron chi connectivity index (χ1n) is 5.17. The molecule has 1 N–H and O–H groups in total. The molecule has 0 amide bonds. The number of rotatable bonds is 5. The zero-order valence-electron chi connectivity index (χ0n) is 9.28. The second kappa shape index (κ2) is 5.01. The molecular weight excluding hydrogens is 256 g/mol. The molecule has 7 heteroatoms. The summed E-state index contributed by atoms with van der Waals surface area (Å²) in [6.45, 7) is 0.409. The van der Waals surface area contributed by atoms with Crippen LogP contribution in [0.2, 0.25) is 0 Å². The minimum absolute atomic E-state index is 0.0584. The van der Waals surface area contributed by atoms with Crippen LogP contribution in [0.3, 0.4) is 0 Å². The van der Waals surface area contributed by atoms with Crippen LogP contribution >= 0.6 is 11.3 Å². The van der Waals surface area contributed by atoms with E-state index < -0.39 is 10.9 Å². The second-order valence-electron chi connectivity index (χ2n) is 3.72. The molecule has 0 aromatic carbocycles. The van der Waals surface area contributed by atoms with Crippen molar-refractivity contribution in [1.82, 2.24) is 4.57 Å². The van der Waals surface area contributed by atoms with Crippen molar-refractivity contribution in [1.29, 1.82) is 0 Å². The van der Waals surface area contributed by atoms with E-state index >= 15 is 0 Å². The maximum absolute atomic E-state index is 11.0. The molecule has 0 radical (unpaired) electrons. The first-order valence-corrected chi connectivity index (χ1v) is 6.11. The predicted octanol–water partition coefficient (Wildman–Crippen LogP) is 2.40. The number of aromatic nitrogens is 1. The van der Waals surface area contributed by atoms with Gasteiger partial charge in [0.2, 0.25) is 0 Å². The fourth-order valence-corrected chi connectivity index (χ4v) is 2.35. The molecule has 18 heavy (non-hydrogen) atoms. The van der Waals surface area contributed by atoms with Crippen molar-refractivity contribution in [3.8, 4) is 0 Å². The normalized spacial score (nSPS) is 10.4. The standard InChI is InChI=1S/C11H10N2O4S/c14-11(15)10-5-9(13(16)17)6-12(10)3-1-8-2-4-18-7-8/h2,4-7H,1,3H2,(H,14,15). The topological polar surface area (TPSA) is 85.4 Å². The van der Waals surface area contributed by atoms with Gasteiger partial charge in [0.1, 0.15) is 5.69 Å². The number of aryl methyl sites for hydroxylation is 2. The minimum atomic E-state index is -1.16. The highest BCUT2D eigenvalue weighted by molar-refractivity contribution is 7.07. The van der Waals surface area contributed by atoms with E-state index in [0.717, 1.165) is 11.6 Å². The van der Waals surface area contributed by atoms with Crippen LogP contribution in [0.4, 0.5) is 5.69 Å². The summed E-state index contributed by atoms with van der Waals surface area (Å²) in [6.07, 6.45) is 1.91. The van der Waals surface area contributed by atoms with Crippen LogP contribution in [0.1, 0.15) is 16.1 Å². The Morgan fingerprint density at radius 2 is 2.33 bits per heavy atom. The Hall–Kier alpha value is -2.15. The van der Waals surface area contributed by atoms with E-state index in [0.29, 0.717) is 13.0 Å². The largest absolute Gasteiger partial charge is 0.477 e. The SMILES string of the molecule is O=C(O)c1cc([N+](=O)[O-])cn1CCc1ccsc1. The molecule has 94 valence electrons. The lowest BCUT2D eigenvalue weighted by Gasteiger charge is -2.03. The van der Waals surface area contributed by atoms with Gasteiger partial charge in [0, 0.05) is 12.6 Å². The summed E-state index contributed by atoms with van der Waals surface area (Å²) in [5.41, 5.74) is 0.836. The Kier molecular flexibility index (Phi) is 3.42. The number of nitrogens with zero attached hydrogens (tertiary/aromatic N) is 2. The molecule has 0 atom stereocenters. The average Bonchev–Trinajstić information content (AvgIpc) is 2.95. The van der Waals surface area contributed by atoms with E-state index in [4.69, 9.17) is 5.11 Å². The van der Waals surface area contributed by atoms with Gasteiger partial charge in [0.25, 0.3) is 5.69 Å². The summed E-state index contributed by atoms with van der Waals surface area (Å²) in [5.74, 6) is -1.16. The lowest BCUT2D eigenvalue weighted by molar-refractivity contribution is -0.384. The van der Waals surface area contributed by atoms with E-state index in [1.807, 2.05) is 16.8 Å². The molecule has 0 saturated carbocycles. The third-order valence-electron chi connectivity index (χ3n) is 2.53. The maximum atomic E-state index is 11.0. The summed E-state index contributed by atoms with van der Waals surface area (Å²) in [4.78, 5) is 21.0. The van der Waals surface area contributed by atoms with Crippen molar-refractivity contribution >= 4 is 23.0 Å². The van der Waals surface area contributed by atoms with Crippen LogP contribution in [-0.2, 0) is 13.0 Å². The van der Waals surface area contributed by atoms with Gasteiger partial charge in [0.15, 0.2) is 0 Å². The molecule has 2 heterocycles. The molecule has 0 unspecified atom stereocenters. The molecule has 2 aromatic rings. The van der Waals surface area contributed by atoms with Gasteiger partial charge in [-0.2, -0.15) is 11.3 Å². The molecule has 0 spiro atoms. The van der Waals surface area contributed by atoms with Gasteiger partial charge in [-0.3, -0.25) is 10.1 Å². The molecule has 0 bridgehead atoms. The van der Waals surface area contributed by atoms with E-state index in [1.54, 1.807) is 11.3 Å². The van der Waals surface area contributed by atoms with Crippen molar-refractivity contribution in [3.05, 3.63) is 50.5 Å². The number of thiophene rings is 1. The van der Waals surface area contributed by atoms with Crippen LogP contribution in [0.15, 0.2) is 29.1 Å². The van der Waals surface area contributed by atoms with Gasteiger partial charge < -0.3 is 9.67 Å². The molecule has 0 aliphatic rings. The summed E-state index contributed by atoms with van der Waals surface area (Å²) in [5, 5.41) is 23.5. The van der Waals surface area contributed by atoms with Gasteiger partial charge in [-0.25, -0.2) is 4.79 Å². The number of hydrogen-bond donors (Lipinski definition) is 1. The predicted molar refractivity (Wildman–Crippen MR) is 66.1 cm³/mol. The Morgan fingerprint density at radius 3 is 2.89 bits per heavy atom. The van der Waals surface area contributed by atoms with E-state index in [2.05, 4.69) is 0 Å². The molecule has 2 aromatic heterocycles. The summed E-state index contributed by atoms with van der Waals surface area (Å²) in [6, 6.07) is 3.03. The number of hydrogen-bond acceptors (Lipinski definition) is 4. The molecular formula is C11H10N2O4S. The highest BCUT2D eigenvalue weighted by atomic mass is 32.1. The third-order valence-corrected chi connectivity index (χ3v) is 3.27. The van der Waals surface area contributed by atoms with Crippen LogP contribution in [-0.4, -0.2) is 20.6 Å². The second-order valence-corrected chi connectivity index (χ2v) is 4.50. The van der Waals surface area contributed by atoms with Gasteiger partial charge in [-0.15, -0.1) is 0 Å². The van der Waals surface area contributed by atoms with Crippen molar-refractivity contribution in [2.45, 2.75) is 13.0 Å². The van der Waals surface area contributed by atoms with Crippen molar-refractivity contribution in [3.63, 3.8) is 0 Å². The number of carboxylic acid groups (broad SMARTS) is 1. The number of aromatic carboxylic acids is 1. The quantitative estimate of drug-likeness (QED) is 0.665. The molecule has 0 aliphatic carbocycles. The number of carboxylic acids is 1. The molecule has 0 aliphatic heterocycles. The molecule has 0 saturated heterocycles. The summed E-state index contributed by atoms with van der Waals surface area (Å²) >= 11 is 1.56. The highest BCUT2D eigenvalue weighted by Crippen LogP contribution is 2.17. The molecule has 2 rings (SSSR count). The Labute approximate surface area is 106 Å². The fraction of sp³-hybridized carbons (Fsp3) is 0.182. The summed E-state index contributed by atoms with van der Waals surface area (Å²) in [7, 11) is 0. The molecule has 0 fully saturated rings. The maximum Gasteiger partial charge on any atom is 0.352 e. The summed E-state index contributed by atoms with van der Waals surface area (Å²) < 4.78 is 1.40. The monoisotopic (exact) mass is 266 g/mol. The third kappa shape index (κ3) is 2.57. The zero-order chi connectivity index (χ0) is 13.1. The van der Waals surface area contributed by atoms with Gasteiger partial charge >= 0.3 is 5.97 Å². The first-order chi connectivity index (χ1) is 8.58. The van der Waals surface area contributed by atoms with Gasteiger partial charge in [-0.1, -0.05) is 0 Å². The average molecular weight is 266 g/mol. The Balaban J connectivity index is 2.20. The minimum Gasteiger partial charge on any atom is -0.477 e. The van der Waals surface area contributed by atoms with Gasteiger partial charge in [-0.05, 0) is 28.8 Å². The van der Waals surface area contributed by atoms with Gasteiger partial charge in [0.05, 0.1) is 11.1 Å². The zero-order valence-corrected chi connectivity index (χ0v) is 10.1. The van der Waals surface area contributed by atoms with Crippen LogP contribution in [0.25, 0.3) is 0 Å². The van der Waals surface area contributed by atoms with Crippen LogP contribution in [0.5, 0.6) is 0 Å². The van der Waals surface area contributed by atoms with Crippen molar-refractivity contribution < 1.29 is 14.8 Å².